The van der Waals surface area contributed by atoms with Crippen molar-refractivity contribution in [3.05, 3.63) is 64.5 Å². The minimum Gasteiger partial charge on any atom is -0.493 e. The third-order valence-corrected chi connectivity index (χ3v) is 4.84. The molecule has 27 heavy (non-hydrogen) atoms. The highest BCUT2D eigenvalue weighted by Crippen LogP contribution is 2.38. The Labute approximate surface area is 161 Å². The van der Waals surface area contributed by atoms with Gasteiger partial charge in [-0.2, -0.15) is 0 Å². The van der Waals surface area contributed by atoms with Gasteiger partial charge in [-0.3, -0.25) is 9.69 Å². The number of ether oxygens (including phenoxy) is 3. The number of hydrogen-bond donors (Lipinski definition) is 0. The van der Waals surface area contributed by atoms with Crippen LogP contribution < -0.4 is 19.1 Å². The zero-order valence-electron chi connectivity index (χ0n) is 15.3. The van der Waals surface area contributed by atoms with Crippen LogP contribution in [-0.4, -0.2) is 32.2 Å². The molecule has 0 aliphatic rings. The van der Waals surface area contributed by atoms with Gasteiger partial charge in [-0.05, 0) is 35.7 Å². The molecule has 0 bridgehead atoms. The molecule has 140 valence electrons. The number of nitrogens with zero attached hydrogens (tertiary/aromatic N) is 2. The second-order valence-corrected chi connectivity index (χ2v) is 6.60. The maximum atomic E-state index is 13.3. The molecule has 0 saturated heterocycles. The molecule has 0 atom stereocenters. The average molecular weight is 384 g/mol. The molecule has 3 rings (SSSR count). The lowest BCUT2D eigenvalue weighted by atomic mass is 10.1. The van der Waals surface area contributed by atoms with Gasteiger partial charge in [0.25, 0.3) is 5.91 Å². The van der Waals surface area contributed by atoms with Crippen LogP contribution in [0.2, 0.25) is 0 Å². The topological polar surface area (TPSA) is 60.9 Å². The van der Waals surface area contributed by atoms with Gasteiger partial charge in [0.15, 0.2) is 11.5 Å². The van der Waals surface area contributed by atoms with Crippen LogP contribution in [0.3, 0.4) is 0 Å². The van der Waals surface area contributed by atoms with E-state index in [1.165, 1.54) is 21.3 Å². The Balaban J connectivity index is 2.03. The first-order chi connectivity index (χ1) is 13.2. The number of benzene rings is 1. The van der Waals surface area contributed by atoms with Gasteiger partial charge in [-0.1, -0.05) is 12.1 Å². The zero-order valence-corrected chi connectivity index (χ0v) is 16.2. The molecule has 7 heteroatoms. The molecular formula is C20H20N2O4S. The molecule has 1 aromatic carbocycles. The predicted octanol–water partition coefficient (Wildman–Crippen LogP) is 4.02. The second kappa shape index (κ2) is 8.55. The molecule has 0 radical (unpaired) electrons. The molecule has 0 N–H and O–H groups in total. The number of methoxy groups -OCH3 is 3. The average Bonchev–Trinajstić information content (AvgIpc) is 3.24. The lowest BCUT2D eigenvalue weighted by molar-refractivity contribution is 0.0983. The van der Waals surface area contributed by atoms with Crippen molar-refractivity contribution in [1.82, 2.24) is 4.98 Å². The molecule has 2 heterocycles. The van der Waals surface area contributed by atoms with Crippen LogP contribution in [0.15, 0.2) is 54.0 Å². The monoisotopic (exact) mass is 384 g/mol. The number of anilines is 1. The molecule has 1 amide bonds. The number of pyridine rings is 1. The maximum absolute atomic E-state index is 13.3. The Morgan fingerprint density at radius 1 is 1.04 bits per heavy atom. The standard InChI is InChI=1S/C20H20N2O4S/c1-24-16-11-14(12-17(25-2)19(16)26-3)20(23)22(13-15-7-6-10-27-15)18-8-4-5-9-21-18/h4-12H,13H2,1-3H3. The Hall–Kier alpha value is -3.06. The molecule has 0 aliphatic heterocycles. The number of aromatic nitrogens is 1. The number of carbonyl (C=O) groups excluding carboxylic acids is 1. The Morgan fingerprint density at radius 3 is 2.30 bits per heavy atom. The Bertz CT molecular complexity index is 873. The minimum atomic E-state index is -0.207. The maximum Gasteiger partial charge on any atom is 0.260 e. The summed E-state index contributed by atoms with van der Waals surface area (Å²) in [5, 5.41) is 1.98. The van der Waals surface area contributed by atoms with E-state index >= 15 is 0 Å². The summed E-state index contributed by atoms with van der Waals surface area (Å²) in [6, 6.07) is 12.7. The first kappa shape index (κ1) is 18.7. The summed E-state index contributed by atoms with van der Waals surface area (Å²) in [6.45, 7) is 0.421. The van der Waals surface area contributed by atoms with Crippen LogP contribution >= 0.6 is 11.3 Å². The normalized spacial score (nSPS) is 10.3. The molecule has 0 unspecified atom stereocenters. The summed E-state index contributed by atoms with van der Waals surface area (Å²) < 4.78 is 16.1. The van der Waals surface area contributed by atoms with Crippen molar-refractivity contribution in [3.8, 4) is 17.2 Å². The first-order valence-electron chi connectivity index (χ1n) is 8.23. The van der Waals surface area contributed by atoms with Gasteiger partial charge in [0, 0.05) is 16.6 Å². The van der Waals surface area contributed by atoms with Gasteiger partial charge < -0.3 is 14.2 Å². The number of rotatable bonds is 7. The minimum absolute atomic E-state index is 0.207. The highest BCUT2D eigenvalue weighted by molar-refractivity contribution is 7.09. The van der Waals surface area contributed by atoms with Gasteiger partial charge in [-0.15, -0.1) is 11.3 Å². The number of thiophene rings is 1. The number of amides is 1. The van der Waals surface area contributed by atoms with Crippen molar-refractivity contribution < 1.29 is 19.0 Å². The molecular weight excluding hydrogens is 364 g/mol. The third kappa shape index (κ3) is 4.03. The molecule has 2 aromatic heterocycles. The van der Waals surface area contributed by atoms with Crippen molar-refractivity contribution in [3.63, 3.8) is 0 Å². The first-order valence-corrected chi connectivity index (χ1v) is 9.11. The van der Waals surface area contributed by atoms with Crippen molar-refractivity contribution in [2.24, 2.45) is 0 Å². The predicted molar refractivity (Wildman–Crippen MR) is 105 cm³/mol. The van der Waals surface area contributed by atoms with E-state index in [0.29, 0.717) is 35.2 Å². The van der Waals surface area contributed by atoms with Crippen LogP contribution in [0.25, 0.3) is 0 Å². The fourth-order valence-electron chi connectivity index (χ4n) is 2.69. The number of hydrogen-bond acceptors (Lipinski definition) is 6. The summed E-state index contributed by atoms with van der Waals surface area (Å²) >= 11 is 1.59. The number of carbonyl (C=O) groups is 1. The van der Waals surface area contributed by atoms with Crippen LogP contribution in [0.5, 0.6) is 17.2 Å². The van der Waals surface area contributed by atoms with Crippen molar-refractivity contribution in [1.29, 1.82) is 0 Å². The highest BCUT2D eigenvalue weighted by Gasteiger charge is 2.23. The third-order valence-electron chi connectivity index (χ3n) is 3.98. The molecule has 3 aromatic rings. The van der Waals surface area contributed by atoms with Gasteiger partial charge in [-0.25, -0.2) is 4.98 Å². The molecule has 6 nitrogen and oxygen atoms in total. The van der Waals surface area contributed by atoms with Crippen LogP contribution in [0, 0.1) is 0 Å². The van der Waals surface area contributed by atoms with Crippen LogP contribution in [0.4, 0.5) is 5.82 Å². The van der Waals surface area contributed by atoms with E-state index in [1.54, 1.807) is 34.6 Å². The lowest BCUT2D eigenvalue weighted by Gasteiger charge is -2.22. The summed E-state index contributed by atoms with van der Waals surface area (Å²) in [6.07, 6.45) is 1.67. The Kier molecular flexibility index (Phi) is 5.93. The Morgan fingerprint density at radius 2 is 1.78 bits per heavy atom. The van der Waals surface area contributed by atoms with Crippen molar-refractivity contribution >= 4 is 23.1 Å². The van der Waals surface area contributed by atoms with E-state index in [4.69, 9.17) is 14.2 Å². The van der Waals surface area contributed by atoms with E-state index < -0.39 is 0 Å². The van der Waals surface area contributed by atoms with E-state index in [-0.39, 0.29) is 5.91 Å². The summed E-state index contributed by atoms with van der Waals surface area (Å²) in [5.74, 6) is 1.67. The van der Waals surface area contributed by atoms with Gasteiger partial charge >= 0.3 is 0 Å². The fourth-order valence-corrected chi connectivity index (χ4v) is 3.38. The van der Waals surface area contributed by atoms with E-state index in [2.05, 4.69) is 4.98 Å². The lowest BCUT2D eigenvalue weighted by Crippen LogP contribution is -2.30. The molecule has 0 aliphatic carbocycles. The SMILES string of the molecule is COc1cc(C(=O)N(Cc2cccs2)c2ccccn2)cc(OC)c1OC. The van der Waals surface area contributed by atoms with Gasteiger partial charge in [0.1, 0.15) is 5.82 Å². The van der Waals surface area contributed by atoms with Crippen LogP contribution in [-0.2, 0) is 6.54 Å². The second-order valence-electron chi connectivity index (χ2n) is 5.57. The summed E-state index contributed by atoms with van der Waals surface area (Å²) in [4.78, 5) is 20.4. The van der Waals surface area contributed by atoms with Crippen molar-refractivity contribution in [2.75, 3.05) is 26.2 Å². The van der Waals surface area contributed by atoms with Crippen LogP contribution in [0.1, 0.15) is 15.2 Å². The van der Waals surface area contributed by atoms with E-state index in [0.717, 1.165) is 4.88 Å². The van der Waals surface area contributed by atoms with Gasteiger partial charge in [0.05, 0.1) is 27.9 Å². The summed E-state index contributed by atoms with van der Waals surface area (Å²) in [7, 11) is 4.57. The van der Waals surface area contributed by atoms with Gasteiger partial charge in [0.2, 0.25) is 5.75 Å². The molecule has 0 fully saturated rings. The smallest absolute Gasteiger partial charge is 0.260 e. The zero-order chi connectivity index (χ0) is 19.2. The molecule has 0 saturated carbocycles. The van der Waals surface area contributed by atoms with E-state index in [1.807, 2.05) is 35.7 Å². The fraction of sp³-hybridized carbons (Fsp3) is 0.200. The largest absolute Gasteiger partial charge is 0.493 e. The quantitative estimate of drug-likeness (QED) is 0.616. The molecule has 0 spiro atoms. The highest BCUT2D eigenvalue weighted by atomic mass is 32.1. The summed E-state index contributed by atoms with van der Waals surface area (Å²) in [5.41, 5.74) is 0.423. The van der Waals surface area contributed by atoms with Crippen molar-refractivity contribution in [2.45, 2.75) is 6.54 Å². The van der Waals surface area contributed by atoms with E-state index in [9.17, 15) is 4.79 Å².